The van der Waals surface area contributed by atoms with E-state index >= 15 is 0 Å². The third-order valence-corrected chi connectivity index (χ3v) is 16.0. The number of carbonyl (C=O) groups is 1. The number of unbranched alkanes of at least 4 members (excludes halogenated alkanes) is 36. The fourth-order valence-corrected chi connectivity index (χ4v) is 10.6. The van der Waals surface area contributed by atoms with Crippen LogP contribution < -0.4 is 5.32 Å². The van der Waals surface area contributed by atoms with Crippen LogP contribution in [0.15, 0.2) is 60.8 Å². The standard InChI is InChI=1S/C69H127NO10/c1-3-5-7-9-11-13-15-17-19-21-23-25-27-28-29-30-31-32-33-35-37-39-41-43-45-47-49-51-53-55-57-62(73)68(78)70-60(59-79-69-67(77)66(76)65(75)63(58-71)80-69)64(74)61(72)56-54-52-50-48-46-44-42-40-38-36-34-26-24-22-20-18-16-14-12-10-8-6-4-2/h23,25-26,28-29,34,40,42,48,50,60-67,69,71-77H,3-22,24,27,30-33,35-39,41,43-47,49,51-59H2,1-2H3,(H,70,78)/b25-23-,29-28-,34-26+,42-40+,50-48+. The van der Waals surface area contributed by atoms with Crippen molar-refractivity contribution in [2.24, 2.45) is 0 Å². The first-order chi connectivity index (χ1) is 39.2. The highest BCUT2D eigenvalue weighted by atomic mass is 16.7. The summed E-state index contributed by atoms with van der Waals surface area (Å²) in [6.45, 7) is 3.46. The Balaban J connectivity index is 2.26. The van der Waals surface area contributed by atoms with Crippen LogP contribution in [0.2, 0.25) is 0 Å². The second-order valence-electron chi connectivity index (χ2n) is 23.5. The summed E-state index contributed by atoms with van der Waals surface area (Å²) in [7, 11) is 0. The van der Waals surface area contributed by atoms with Crippen LogP contribution in [-0.4, -0.2) is 110 Å². The van der Waals surface area contributed by atoms with Crippen LogP contribution in [0.25, 0.3) is 0 Å². The van der Waals surface area contributed by atoms with Crippen LogP contribution in [0, 0.1) is 0 Å². The highest BCUT2D eigenvalue weighted by Crippen LogP contribution is 2.23. The molecule has 0 aromatic rings. The van der Waals surface area contributed by atoms with E-state index in [2.05, 4.69) is 79.9 Å². The van der Waals surface area contributed by atoms with Gasteiger partial charge in [0, 0.05) is 0 Å². The molecule has 0 aromatic heterocycles. The van der Waals surface area contributed by atoms with Crippen molar-refractivity contribution in [3.8, 4) is 0 Å². The van der Waals surface area contributed by atoms with E-state index < -0.39 is 74.2 Å². The van der Waals surface area contributed by atoms with Crippen LogP contribution in [0.1, 0.15) is 303 Å². The second kappa shape index (κ2) is 57.3. The van der Waals surface area contributed by atoms with E-state index in [-0.39, 0.29) is 12.8 Å². The third kappa shape index (κ3) is 44.3. The molecule has 1 saturated heterocycles. The maximum absolute atomic E-state index is 13.2. The Kier molecular flexibility index (Phi) is 54.3. The van der Waals surface area contributed by atoms with Crippen LogP contribution in [0.3, 0.4) is 0 Å². The molecule has 11 nitrogen and oxygen atoms in total. The van der Waals surface area contributed by atoms with Gasteiger partial charge in [0.15, 0.2) is 6.29 Å². The van der Waals surface area contributed by atoms with Crippen molar-refractivity contribution >= 4 is 5.91 Å². The highest BCUT2D eigenvalue weighted by molar-refractivity contribution is 5.80. The Labute approximate surface area is 491 Å². The van der Waals surface area contributed by atoms with Crippen LogP contribution in [-0.2, 0) is 14.3 Å². The molecule has 468 valence electrons. The molecule has 0 spiro atoms. The number of carbonyl (C=O) groups excluding carboxylic acids is 1. The quantitative estimate of drug-likeness (QED) is 0.0215. The average molecular weight is 1130 g/mol. The van der Waals surface area contributed by atoms with Crippen molar-refractivity contribution in [1.29, 1.82) is 0 Å². The summed E-state index contributed by atoms with van der Waals surface area (Å²) in [6, 6.07) is -1.20. The first-order valence-corrected chi connectivity index (χ1v) is 33.7. The molecular weight excluding hydrogens is 1000 g/mol. The van der Waals surface area contributed by atoms with Gasteiger partial charge in [-0.25, -0.2) is 0 Å². The fourth-order valence-electron chi connectivity index (χ4n) is 10.6. The molecule has 0 bridgehead atoms. The number of hydrogen-bond acceptors (Lipinski definition) is 10. The maximum atomic E-state index is 13.2. The Hall–Kier alpha value is -2.19. The lowest BCUT2D eigenvalue weighted by Gasteiger charge is -2.40. The monoisotopic (exact) mass is 1130 g/mol. The molecule has 1 heterocycles. The molecule has 80 heavy (non-hydrogen) atoms. The molecule has 1 rings (SSSR count). The van der Waals surface area contributed by atoms with Gasteiger partial charge in [-0.1, -0.05) is 267 Å². The van der Waals surface area contributed by atoms with Gasteiger partial charge in [0.1, 0.15) is 36.6 Å². The Morgan fingerprint density at radius 1 is 0.438 bits per heavy atom. The van der Waals surface area contributed by atoms with Gasteiger partial charge in [-0.3, -0.25) is 4.79 Å². The minimum absolute atomic E-state index is 0.240. The van der Waals surface area contributed by atoms with Crippen LogP contribution in [0.5, 0.6) is 0 Å². The van der Waals surface area contributed by atoms with E-state index in [0.717, 1.165) is 51.4 Å². The van der Waals surface area contributed by atoms with Crippen molar-refractivity contribution in [3.05, 3.63) is 60.8 Å². The van der Waals surface area contributed by atoms with Gasteiger partial charge in [0.2, 0.25) is 5.91 Å². The maximum Gasteiger partial charge on any atom is 0.249 e. The lowest BCUT2D eigenvalue weighted by molar-refractivity contribution is -0.303. The van der Waals surface area contributed by atoms with Gasteiger partial charge in [-0.05, 0) is 96.3 Å². The molecule has 0 radical (unpaired) electrons. The number of rotatable bonds is 58. The Bertz CT molecular complexity index is 1480. The van der Waals surface area contributed by atoms with Crippen molar-refractivity contribution in [2.75, 3.05) is 13.2 Å². The molecule has 0 aliphatic carbocycles. The minimum Gasteiger partial charge on any atom is -0.394 e. The SMILES string of the molecule is CCCCCCCCCCC/C=C\C/C=C\CCCCCCCCCCCCCCCCC(O)C(=O)NC(COC1OC(CO)C(O)C(O)C1O)C(O)C(O)CCC/C=C/CC/C=C/CC/C=C/CCCCCCCCCCCC. The summed E-state index contributed by atoms with van der Waals surface area (Å²) < 4.78 is 11.2. The molecule has 9 atom stereocenters. The minimum atomic E-state index is -1.68. The summed E-state index contributed by atoms with van der Waals surface area (Å²) in [5.74, 6) is -0.711. The van der Waals surface area contributed by atoms with Gasteiger partial charge in [-0.15, -0.1) is 0 Å². The first kappa shape index (κ1) is 75.8. The molecule has 0 saturated carbocycles. The van der Waals surface area contributed by atoms with E-state index in [1.165, 1.54) is 205 Å². The number of amides is 1. The zero-order valence-corrected chi connectivity index (χ0v) is 51.6. The van der Waals surface area contributed by atoms with E-state index in [4.69, 9.17) is 9.47 Å². The molecule has 9 unspecified atom stereocenters. The summed E-state index contributed by atoms with van der Waals surface area (Å²) >= 11 is 0. The largest absolute Gasteiger partial charge is 0.394 e. The van der Waals surface area contributed by atoms with E-state index in [0.29, 0.717) is 19.3 Å². The van der Waals surface area contributed by atoms with Gasteiger partial charge >= 0.3 is 0 Å². The van der Waals surface area contributed by atoms with E-state index in [1.807, 2.05) is 0 Å². The normalized spacial score (nSPS) is 19.6. The van der Waals surface area contributed by atoms with Crippen molar-refractivity contribution in [2.45, 2.75) is 358 Å². The zero-order valence-electron chi connectivity index (χ0n) is 51.6. The Morgan fingerprint density at radius 2 is 0.787 bits per heavy atom. The summed E-state index contributed by atoms with van der Waals surface area (Å²) in [6.07, 6.45) is 64.3. The van der Waals surface area contributed by atoms with Crippen LogP contribution in [0.4, 0.5) is 0 Å². The smallest absolute Gasteiger partial charge is 0.249 e. The van der Waals surface area contributed by atoms with Crippen LogP contribution >= 0.6 is 0 Å². The number of nitrogens with one attached hydrogen (secondary N) is 1. The zero-order chi connectivity index (χ0) is 58.2. The molecule has 1 aliphatic rings. The first-order valence-electron chi connectivity index (χ1n) is 33.7. The molecule has 1 aliphatic heterocycles. The number of hydrogen-bond donors (Lipinski definition) is 8. The fraction of sp³-hybridized carbons (Fsp3) is 0.841. The van der Waals surface area contributed by atoms with Crippen molar-refractivity contribution in [1.82, 2.24) is 5.32 Å². The van der Waals surface area contributed by atoms with Crippen molar-refractivity contribution < 1.29 is 50.0 Å². The average Bonchev–Trinajstić information content (AvgIpc) is 3.47. The molecule has 1 amide bonds. The molecule has 11 heteroatoms. The molecule has 0 aromatic carbocycles. The lowest BCUT2D eigenvalue weighted by atomic mass is 9.98. The second-order valence-corrected chi connectivity index (χ2v) is 23.5. The van der Waals surface area contributed by atoms with Gasteiger partial charge < -0.3 is 50.5 Å². The number of allylic oxidation sites excluding steroid dienone is 10. The predicted molar refractivity (Wildman–Crippen MR) is 334 cm³/mol. The highest BCUT2D eigenvalue weighted by Gasteiger charge is 2.44. The lowest BCUT2D eigenvalue weighted by Crippen LogP contribution is -2.60. The van der Waals surface area contributed by atoms with E-state index in [9.17, 15) is 40.5 Å². The number of aliphatic hydroxyl groups is 7. The van der Waals surface area contributed by atoms with Gasteiger partial charge in [-0.2, -0.15) is 0 Å². The third-order valence-electron chi connectivity index (χ3n) is 16.0. The van der Waals surface area contributed by atoms with Gasteiger partial charge in [0.05, 0.1) is 25.4 Å². The molecular formula is C69H127NO10. The summed E-state index contributed by atoms with van der Waals surface area (Å²) in [4.78, 5) is 13.2. The van der Waals surface area contributed by atoms with E-state index in [1.54, 1.807) is 0 Å². The summed E-state index contributed by atoms with van der Waals surface area (Å²) in [5.41, 5.74) is 0. The predicted octanol–water partition coefficient (Wildman–Crippen LogP) is 15.7. The summed E-state index contributed by atoms with van der Waals surface area (Å²) in [5, 5.41) is 76.4. The Morgan fingerprint density at radius 3 is 1.19 bits per heavy atom. The number of ether oxygens (including phenoxy) is 2. The van der Waals surface area contributed by atoms with Gasteiger partial charge in [0.25, 0.3) is 0 Å². The number of aliphatic hydroxyl groups excluding tert-OH is 7. The topological polar surface area (TPSA) is 189 Å². The molecule has 8 N–H and O–H groups in total. The van der Waals surface area contributed by atoms with Crippen molar-refractivity contribution in [3.63, 3.8) is 0 Å². The molecule has 1 fully saturated rings.